The molecule has 1 heterocycles. The molecule has 0 aromatic heterocycles. The van der Waals surface area contributed by atoms with Gasteiger partial charge in [0.05, 0.1) is 6.10 Å². The summed E-state index contributed by atoms with van der Waals surface area (Å²) in [5, 5.41) is 19.6. The molecule has 1 amide bonds. The summed E-state index contributed by atoms with van der Waals surface area (Å²) in [5.74, 6) is 0.409. The predicted octanol–water partition coefficient (Wildman–Crippen LogP) is 1.49. The molecule has 0 fully saturated rings. The lowest BCUT2D eigenvalue weighted by atomic mass is 10.00. The van der Waals surface area contributed by atoms with Crippen LogP contribution < -0.4 is 16.0 Å². The molecule has 0 radical (unpaired) electrons. The lowest BCUT2D eigenvalue weighted by Crippen LogP contribution is -2.46. The van der Waals surface area contributed by atoms with E-state index in [4.69, 9.17) is 0 Å². The van der Waals surface area contributed by atoms with Crippen LogP contribution in [-0.2, 0) is 17.8 Å². The van der Waals surface area contributed by atoms with Gasteiger partial charge in [-0.2, -0.15) is 0 Å². The molecule has 1 atom stereocenters. The van der Waals surface area contributed by atoms with E-state index in [0.29, 0.717) is 25.6 Å². The number of β-amino-alcohol motifs (C(OH)–C–C–N with tert-alkyl or cyclic N) is 1. The molecule has 29 heavy (non-hydrogen) atoms. The molecule has 8 heteroatoms. The Morgan fingerprint density at radius 1 is 1.24 bits per heavy atom. The second-order valence-electron chi connectivity index (χ2n) is 8.28. The second-order valence-corrected chi connectivity index (χ2v) is 8.28. The summed E-state index contributed by atoms with van der Waals surface area (Å²) < 4.78 is 0. The molecule has 1 aromatic carbocycles. The zero-order valence-corrected chi connectivity index (χ0v) is 20.3. The van der Waals surface area contributed by atoms with Crippen LogP contribution in [0, 0.1) is 0 Å². The first-order chi connectivity index (χ1) is 13.3. The van der Waals surface area contributed by atoms with Gasteiger partial charge >= 0.3 is 0 Å². The van der Waals surface area contributed by atoms with Crippen LogP contribution in [0.3, 0.4) is 0 Å². The van der Waals surface area contributed by atoms with E-state index in [1.54, 1.807) is 0 Å². The van der Waals surface area contributed by atoms with Crippen molar-refractivity contribution in [1.82, 2.24) is 20.9 Å². The van der Waals surface area contributed by atoms with E-state index < -0.39 is 6.10 Å². The minimum Gasteiger partial charge on any atom is -0.390 e. The molecule has 4 N–H and O–H groups in total. The van der Waals surface area contributed by atoms with Gasteiger partial charge in [-0.15, -0.1) is 24.0 Å². The molecule has 0 saturated carbocycles. The van der Waals surface area contributed by atoms with E-state index in [9.17, 15) is 9.90 Å². The van der Waals surface area contributed by atoms with Gasteiger partial charge in [-0.05, 0) is 45.2 Å². The van der Waals surface area contributed by atoms with Crippen LogP contribution in [0.1, 0.15) is 38.8 Å². The Morgan fingerprint density at radius 2 is 1.93 bits per heavy atom. The highest BCUT2D eigenvalue weighted by Crippen LogP contribution is 2.18. The topological polar surface area (TPSA) is 89.0 Å². The fourth-order valence-corrected chi connectivity index (χ4v) is 3.24. The molecule has 1 aliphatic rings. The third-order valence-corrected chi connectivity index (χ3v) is 4.42. The van der Waals surface area contributed by atoms with E-state index in [-0.39, 0.29) is 42.0 Å². The number of carbonyl (C=O) groups is 1. The van der Waals surface area contributed by atoms with Crippen LogP contribution in [-0.4, -0.2) is 66.2 Å². The van der Waals surface area contributed by atoms with Crippen molar-refractivity contribution >= 4 is 35.8 Å². The Hall–Kier alpha value is -1.39. The van der Waals surface area contributed by atoms with Crippen molar-refractivity contribution in [3.63, 3.8) is 0 Å². The van der Waals surface area contributed by atoms with Crippen molar-refractivity contribution in [3.8, 4) is 0 Å². The average Bonchev–Trinajstić information content (AvgIpc) is 2.62. The lowest BCUT2D eigenvalue weighted by Gasteiger charge is -2.30. The molecule has 0 aliphatic carbocycles. The number of aliphatic imine (C=N–C) groups is 1. The van der Waals surface area contributed by atoms with E-state index >= 15 is 0 Å². The van der Waals surface area contributed by atoms with Gasteiger partial charge in [0.15, 0.2) is 5.96 Å². The van der Waals surface area contributed by atoms with Crippen LogP contribution >= 0.6 is 24.0 Å². The van der Waals surface area contributed by atoms with Gasteiger partial charge in [0, 0.05) is 38.3 Å². The summed E-state index contributed by atoms with van der Waals surface area (Å²) in [4.78, 5) is 18.5. The predicted molar refractivity (Wildman–Crippen MR) is 129 cm³/mol. The molecular formula is C21H36IN5O2. The number of aliphatic hydroxyl groups excluding tert-OH is 1. The highest BCUT2D eigenvalue weighted by Gasteiger charge is 2.18. The summed E-state index contributed by atoms with van der Waals surface area (Å²) in [6.07, 6.45) is 0.501. The molecule has 1 aromatic rings. The molecule has 164 valence electrons. The monoisotopic (exact) mass is 517 g/mol. The Balaban J connectivity index is 0.00000420. The first kappa shape index (κ1) is 25.6. The number of nitrogens with one attached hydrogen (secondary N) is 3. The smallest absolute Gasteiger partial charge is 0.242 e. The van der Waals surface area contributed by atoms with E-state index in [0.717, 1.165) is 19.5 Å². The summed E-state index contributed by atoms with van der Waals surface area (Å²) in [7, 11) is 0. The van der Waals surface area contributed by atoms with Gasteiger partial charge in [0.1, 0.15) is 6.54 Å². The molecule has 2 rings (SSSR count). The Kier molecular flexibility index (Phi) is 10.9. The van der Waals surface area contributed by atoms with E-state index in [1.165, 1.54) is 11.1 Å². The van der Waals surface area contributed by atoms with Gasteiger partial charge in [-0.1, -0.05) is 24.3 Å². The molecular weight excluding hydrogens is 481 g/mol. The molecule has 1 aliphatic heterocycles. The second kappa shape index (κ2) is 12.3. The Bertz CT molecular complexity index is 675. The maximum Gasteiger partial charge on any atom is 0.242 e. The highest BCUT2D eigenvalue weighted by atomic mass is 127. The third kappa shape index (κ3) is 9.77. The Morgan fingerprint density at radius 3 is 2.59 bits per heavy atom. The normalized spacial score (nSPS) is 15.7. The quantitative estimate of drug-likeness (QED) is 0.250. The van der Waals surface area contributed by atoms with Crippen LogP contribution in [0.5, 0.6) is 0 Å². The fourth-order valence-electron chi connectivity index (χ4n) is 3.24. The maximum atomic E-state index is 11.9. The maximum absolute atomic E-state index is 11.9. The minimum absolute atomic E-state index is 0. The molecule has 1 unspecified atom stereocenters. The zero-order valence-electron chi connectivity index (χ0n) is 18.0. The van der Waals surface area contributed by atoms with Gasteiger partial charge in [0.2, 0.25) is 5.91 Å². The van der Waals surface area contributed by atoms with Gasteiger partial charge < -0.3 is 21.1 Å². The highest BCUT2D eigenvalue weighted by molar-refractivity contribution is 14.0. The summed E-state index contributed by atoms with van der Waals surface area (Å²) in [6.45, 7) is 11.3. The number of carbonyl (C=O) groups excluding carboxylic acids is 1. The van der Waals surface area contributed by atoms with E-state index in [2.05, 4.69) is 50.1 Å². The van der Waals surface area contributed by atoms with Crippen molar-refractivity contribution in [2.75, 3.05) is 32.7 Å². The number of benzene rings is 1. The van der Waals surface area contributed by atoms with Crippen LogP contribution in [0.4, 0.5) is 0 Å². The lowest BCUT2D eigenvalue weighted by molar-refractivity contribution is -0.121. The van der Waals surface area contributed by atoms with Crippen LogP contribution in [0.15, 0.2) is 29.3 Å². The van der Waals surface area contributed by atoms with Crippen molar-refractivity contribution in [2.24, 2.45) is 4.99 Å². The molecule has 0 bridgehead atoms. The van der Waals surface area contributed by atoms with Crippen molar-refractivity contribution in [2.45, 2.75) is 52.3 Å². The first-order valence-electron chi connectivity index (χ1n) is 10.1. The zero-order chi connectivity index (χ0) is 20.6. The number of fused-ring (bicyclic) bond motifs is 1. The number of nitrogens with zero attached hydrogens (tertiary/aromatic N) is 2. The van der Waals surface area contributed by atoms with E-state index in [1.807, 2.05) is 27.7 Å². The number of hydrogen-bond donors (Lipinski definition) is 4. The number of rotatable bonds is 7. The number of amides is 1. The van der Waals surface area contributed by atoms with Gasteiger partial charge in [-0.3, -0.25) is 9.69 Å². The summed E-state index contributed by atoms with van der Waals surface area (Å²) in [5.41, 5.74) is 2.47. The summed E-state index contributed by atoms with van der Waals surface area (Å²) >= 11 is 0. The van der Waals surface area contributed by atoms with Crippen LogP contribution in [0.25, 0.3) is 0 Å². The largest absolute Gasteiger partial charge is 0.390 e. The molecule has 7 nitrogen and oxygen atoms in total. The number of hydrogen-bond acceptors (Lipinski definition) is 4. The molecule has 0 spiro atoms. The number of halogens is 1. The number of guanidine groups is 1. The van der Waals surface area contributed by atoms with Crippen molar-refractivity contribution in [3.05, 3.63) is 35.4 Å². The Labute approximate surface area is 191 Å². The average molecular weight is 517 g/mol. The standard InChI is InChI=1S/C21H35N5O2.HI/c1-5-22-20(24-13-19(28)25-21(2,3)4)23-12-18(27)15-26-11-10-16-8-6-7-9-17(16)14-26;/h6-9,18,27H,5,10-15H2,1-4H3,(H,25,28)(H2,22,23,24);1H. The van der Waals surface area contributed by atoms with Crippen molar-refractivity contribution in [1.29, 1.82) is 0 Å². The number of aliphatic hydroxyl groups is 1. The van der Waals surface area contributed by atoms with Crippen molar-refractivity contribution < 1.29 is 9.90 Å². The fraction of sp³-hybridized carbons (Fsp3) is 0.619. The van der Waals surface area contributed by atoms with Gasteiger partial charge in [-0.25, -0.2) is 4.99 Å². The SMILES string of the molecule is CCNC(=NCC(=O)NC(C)(C)C)NCC(O)CN1CCc2ccccc2C1.I. The summed E-state index contributed by atoms with van der Waals surface area (Å²) in [6, 6.07) is 8.48. The first-order valence-corrected chi connectivity index (χ1v) is 10.1. The third-order valence-electron chi connectivity index (χ3n) is 4.42. The van der Waals surface area contributed by atoms with Crippen LogP contribution in [0.2, 0.25) is 0 Å². The molecule has 0 saturated heterocycles. The minimum atomic E-state index is -0.516. The van der Waals surface area contributed by atoms with Gasteiger partial charge in [0.25, 0.3) is 0 Å².